The molecule has 0 aliphatic heterocycles. The van der Waals surface area contributed by atoms with Crippen molar-refractivity contribution in [2.45, 2.75) is 103 Å². The van der Waals surface area contributed by atoms with E-state index in [0.717, 1.165) is 19.3 Å². The molecule has 0 bridgehead atoms. The molecule has 1 aliphatic carbocycles. The van der Waals surface area contributed by atoms with Gasteiger partial charge in [0.2, 0.25) is 5.91 Å². The number of rotatable bonds is 9. The van der Waals surface area contributed by atoms with Gasteiger partial charge < -0.3 is 0 Å². The van der Waals surface area contributed by atoms with Crippen molar-refractivity contribution in [2.75, 3.05) is 0 Å². The lowest BCUT2D eigenvalue weighted by molar-refractivity contribution is -0.121. The summed E-state index contributed by atoms with van der Waals surface area (Å²) in [6.45, 7) is 2.24. The number of hydrogen-bond acceptors (Lipinski definition) is 2. The molecule has 0 heterocycles. The summed E-state index contributed by atoms with van der Waals surface area (Å²) in [5.41, 5.74) is 3.96. The molecule has 1 N–H and O–H groups in total. The summed E-state index contributed by atoms with van der Waals surface area (Å²) in [5, 5.41) is 4.34. The van der Waals surface area contributed by atoms with Crippen molar-refractivity contribution < 1.29 is 4.79 Å². The first-order valence-corrected chi connectivity index (χ1v) is 9.17. The molecule has 0 radical (unpaired) electrons. The smallest absolute Gasteiger partial charge is 0.240 e. The van der Waals surface area contributed by atoms with E-state index in [-0.39, 0.29) is 5.91 Å². The van der Waals surface area contributed by atoms with Crippen LogP contribution in [0.4, 0.5) is 0 Å². The van der Waals surface area contributed by atoms with Gasteiger partial charge in [0, 0.05) is 12.1 Å². The number of nitrogens with one attached hydrogen (secondary N) is 1. The minimum atomic E-state index is 0.0955. The molecule has 0 saturated heterocycles. The third kappa shape index (κ3) is 10.5. The summed E-state index contributed by atoms with van der Waals surface area (Å²) >= 11 is 0. The van der Waals surface area contributed by atoms with Crippen LogP contribution in [0.3, 0.4) is 0 Å². The van der Waals surface area contributed by atoms with Gasteiger partial charge in [0.05, 0.1) is 0 Å². The van der Waals surface area contributed by atoms with Crippen LogP contribution >= 0.6 is 0 Å². The van der Waals surface area contributed by atoms with Crippen molar-refractivity contribution >= 4 is 11.6 Å². The third-order valence-corrected chi connectivity index (χ3v) is 4.28. The Morgan fingerprint density at radius 2 is 1.48 bits per heavy atom. The minimum Gasteiger partial charge on any atom is -0.273 e. The number of hydrogen-bond donors (Lipinski definition) is 1. The Bertz CT molecular complexity index is 290. The fourth-order valence-electron chi connectivity index (χ4n) is 2.87. The van der Waals surface area contributed by atoms with Gasteiger partial charge in [0.25, 0.3) is 0 Å². The zero-order valence-electron chi connectivity index (χ0n) is 14.0. The second kappa shape index (κ2) is 12.8. The molecule has 122 valence electrons. The van der Waals surface area contributed by atoms with Crippen LogP contribution < -0.4 is 5.43 Å². The highest BCUT2D eigenvalue weighted by molar-refractivity contribution is 5.86. The summed E-state index contributed by atoms with van der Waals surface area (Å²) in [5.74, 6) is 0.0955. The number of hydrazone groups is 1. The SMILES string of the molecule is CCCCCCCCCC(=O)NN=C1CCCCCCC1. The number of carbonyl (C=O) groups excluding carboxylic acids is 1. The summed E-state index contributed by atoms with van der Waals surface area (Å²) in [6.07, 6.45) is 17.9. The average Bonchev–Trinajstić information content (AvgIpc) is 2.45. The molecule has 21 heavy (non-hydrogen) atoms. The van der Waals surface area contributed by atoms with Gasteiger partial charge in [-0.1, -0.05) is 64.7 Å². The Morgan fingerprint density at radius 1 is 0.905 bits per heavy atom. The second-order valence-electron chi connectivity index (χ2n) is 6.35. The van der Waals surface area contributed by atoms with E-state index in [2.05, 4.69) is 17.5 Å². The summed E-state index contributed by atoms with van der Waals surface area (Å²) in [6, 6.07) is 0. The molecule has 1 amide bonds. The molecule has 0 spiro atoms. The lowest BCUT2D eigenvalue weighted by Gasteiger charge is -2.10. The summed E-state index contributed by atoms with van der Waals surface area (Å²) < 4.78 is 0. The first-order chi connectivity index (χ1) is 10.3. The van der Waals surface area contributed by atoms with Crippen LogP contribution in [-0.4, -0.2) is 11.6 Å². The predicted octanol–water partition coefficient (Wildman–Crippen LogP) is 5.34. The Hall–Kier alpha value is -0.860. The van der Waals surface area contributed by atoms with Gasteiger partial charge in [-0.2, -0.15) is 5.10 Å². The van der Waals surface area contributed by atoms with Crippen molar-refractivity contribution in [1.29, 1.82) is 0 Å². The van der Waals surface area contributed by atoms with Gasteiger partial charge in [-0.3, -0.25) is 4.79 Å². The van der Waals surface area contributed by atoms with E-state index in [9.17, 15) is 4.79 Å². The molecular formula is C18H34N2O. The van der Waals surface area contributed by atoms with E-state index < -0.39 is 0 Å². The maximum absolute atomic E-state index is 11.8. The van der Waals surface area contributed by atoms with E-state index in [1.807, 2.05) is 0 Å². The molecule has 1 rings (SSSR count). The van der Waals surface area contributed by atoms with Gasteiger partial charge >= 0.3 is 0 Å². The molecule has 3 nitrogen and oxygen atoms in total. The standard InChI is InChI=1S/C18H34N2O/c1-2-3-4-5-6-10-13-16-18(21)20-19-17-14-11-8-7-9-12-15-17/h2-16H2,1H3,(H,20,21). The zero-order chi connectivity index (χ0) is 15.2. The first kappa shape index (κ1) is 18.2. The van der Waals surface area contributed by atoms with Crippen molar-refractivity contribution in [3.63, 3.8) is 0 Å². The fraction of sp³-hybridized carbons (Fsp3) is 0.889. The van der Waals surface area contributed by atoms with E-state index >= 15 is 0 Å². The van der Waals surface area contributed by atoms with Gasteiger partial charge in [0.15, 0.2) is 0 Å². The second-order valence-corrected chi connectivity index (χ2v) is 6.35. The molecule has 0 unspecified atom stereocenters. The van der Waals surface area contributed by atoms with Crippen LogP contribution in [0.5, 0.6) is 0 Å². The van der Waals surface area contributed by atoms with Crippen molar-refractivity contribution in [2.24, 2.45) is 5.10 Å². The van der Waals surface area contributed by atoms with Crippen LogP contribution in [0.15, 0.2) is 5.10 Å². The van der Waals surface area contributed by atoms with Crippen molar-refractivity contribution in [3.8, 4) is 0 Å². The van der Waals surface area contributed by atoms with Crippen LogP contribution in [0.1, 0.15) is 103 Å². The molecule has 1 saturated carbocycles. The van der Waals surface area contributed by atoms with Gasteiger partial charge in [0.1, 0.15) is 0 Å². The number of nitrogens with zero attached hydrogens (tertiary/aromatic N) is 1. The summed E-state index contributed by atoms with van der Waals surface area (Å²) in [7, 11) is 0. The maximum atomic E-state index is 11.8. The molecule has 0 aromatic heterocycles. The largest absolute Gasteiger partial charge is 0.273 e. The Balaban J connectivity index is 2.04. The van der Waals surface area contributed by atoms with Crippen LogP contribution in [0.2, 0.25) is 0 Å². The lowest BCUT2D eigenvalue weighted by atomic mass is 9.99. The monoisotopic (exact) mass is 294 g/mol. The molecule has 3 heteroatoms. The van der Waals surface area contributed by atoms with Crippen LogP contribution in [0, 0.1) is 0 Å². The van der Waals surface area contributed by atoms with Crippen LogP contribution in [0.25, 0.3) is 0 Å². The maximum Gasteiger partial charge on any atom is 0.240 e. The van der Waals surface area contributed by atoms with E-state index in [1.54, 1.807) is 0 Å². The normalized spacial score (nSPS) is 16.1. The van der Waals surface area contributed by atoms with Gasteiger partial charge in [-0.25, -0.2) is 5.43 Å². The van der Waals surface area contributed by atoms with E-state index in [4.69, 9.17) is 0 Å². The number of amides is 1. The lowest BCUT2D eigenvalue weighted by Crippen LogP contribution is -2.19. The van der Waals surface area contributed by atoms with Crippen molar-refractivity contribution in [3.05, 3.63) is 0 Å². The van der Waals surface area contributed by atoms with E-state index in [1.165, 1.54) is 76.3 Å². The number of carbonyl (C=O) groups is 1. The average molecular weight is 294 g/mol. The Labute approximate surface area is 131 Å². The Kier molecular flexibility index (Phi) is 11.1. The molecule has 1 aliphatic rings. The van der Waals surface area contributed by atoms with Gasteiger partial charge in [-0.15, -0.1) is 0 Å². The van der Waals surface area contributed by atoms with E-state index in [0.29, 0.717) is 6.42 Å². The first-order valence-electron chi connectivity index (χ1n) is 9.17. The topological polar surface area (TPSA) is 41.5 Å². The minimum absolute atomic E-state index is 0.0955. The quantitative estimate of drug-likeness (QED) is 0.452. The molecule has 0 aromatic carbocycles. The predicted molar refractivity (Wildman–Crippen MR) is 90.5 cm³/mol. The molecular weight excluding hydrogens is 260 g/mol. The van der Waals surface area contributed by atoms with Gasteiger partial charge in [-0.05, 0) is 32.1 Å². The highest BCUT2D eigenvalue weighted by Gasteiger charge is 2.06. The summed E-state index contributed by atoms with van der Waals surface area (Å²) in [4.78, 5) is 11.8. The molecule has 0 atom stereocenters. The highest BCUT2D eigenvalue weighted by atomic mass is 16.2. The fourth-order valence-corrected chi connectivity index (χ4v) is 2.87. The molecule has 0 aromatic rings. The Morgan fingerprint density at radius 3 is 2.14 bits per heavy atom. The highest BCUT2D eigenvalue weighted by Crippen LogP contribution is 2.14. The van der Waals surface area contributed by atoms with Crippen LogP contribution in [-0.2, 0) is 4.79 Å². The molecule has 1 fully saturated rings. The van der Waals surface area contributed by atoms with Crippen molar-refractivity contribution in [1.82, 2.24) is 5.43 Å². The third-order valence-electron chi connectivity index (χ3n) is 4.28. The zero-order valence-corrected chi connectivity index (χ0v) is 14.0. The number of unbranched alkanes of at least 4 members (excludes halogenated alkanes) is 6.